The zero-order valence-corrected chi connectivity index (χ0v) is 14.5. The quantitative estimate of drug-likeness (QED) is 0.700. The highest BCUT2D eigenvalue weighted by Gasteiger charge is 2.43. The summed E-state index contributed by atoms with van der Waals surface area (Å²) < 4.78 is 39.8. The molecule has 1 fully saturated rings. The molecule has 144 valence electrons. The summed E-state index contributed by atoms with van der Waals surface area (Å²) in [5, 5.41) is 8.01. The summed E-state index contributed by atoms with van der Waals surface area (Å²) in [5.74, 6) is -0.678. The molecule has 2 rings (SSSR count). The maximum Gasteiger partial charge on any atom is 0.405 e. The Bertz CT molecular complexity index is 613. The predicted octanol–water partition coefficient (Wildman–Crippen LogP) is 1.14. The molecule has 1 aliphatic heterocycles. The molecule has 1 aromatic rings. The number of piperazine rings is 1. The number of nitrogens with one attached hydrogen (secondary N) is 3. The van der Waals surface area contributed by atoms with Crippen LogP contribution in [0.25, 0.3) is 0 Å². The Morgan fingerprint density at radius 2 is 1.81 bits per heavy atom. The summed E-state index contributed by atoms with van der Waals surface area (Å²) >= 11 is 0. The maximum atomic E-state index is 13.3. The van der Waals surface area contributed by atoms with E-state index in [-0.39, 0.29) is 12.3 Å². The number of carbonyl (C=O) groups excluding carboxylic acids is 2. The van der Waals surface area contributed by atoms with Gasteiger partial charge in [-0.15, -0.1) is 0 Å². The Hall–Kier alpha value is -2.13. The van der Waals surface area contributed by atoms with Crippen molar-refractivity contribution >= 4 is 17.5 Å². The van der Waals surface area contributed by atoms with Crippen molar-refractivity contribution < 1.29 is 22.8 Å². The molecule has 0 radical (unpaired) electrons. The van der Waals surface area contributed by atoms with E-state index in [1.165, 1.54) is 11.8 Å². The van der Waals surface area contributed by atoms with Crippen LogP contribution in [0.5, 0.6) is 0 Å². The first-order chi connectivity index (χ1) is 12.3. The largest absolute Gasteiger partial charge is 0.405 e. The van der Waals surface area contributed by atoms with E-state index in [1.54, 1.807) is 24.3 Å². The summed E-state index contributed by atoms with van der Waals surface area (Å²) in [6, 6.07) is 4.91. The molecular formula is C17H23F3N4O2. The lowest BCUT2D eigenvalue weighted by molar-refractivity contribution is -0.184. The minimum Gasteiger partial charge on any atom is -0.354 e. The molecule has 0 spiro atoms. The van der Waals surface area contributed by atoms with Crippen LogP contribution in [-0.2, 0) is 16.0 Å². The lowest BCUT2D eigenvalue weighted by Crippen LogP contribution is -2.57. The number of halogens is 3. The molecule has 0 aromatic heterocycles. The van der Waals surface area contributed by atoms with E-state index in [0.29, 0.717) is 37.4 Å². The molecule has 1 aromatic carbocycles. The zero-order valence-electron chi connectivity index (χ0n) is 14.5. The number of anilines is 1. The molecule has 2 amide bonds. The van der Waals surface area contributed by atoms with Crippen LogP contribution in [0.3, 0.4) is 0 Å². The predicted molar refractivity (Wildman–Crippen MR) is 91.7 cm³/mol. The molecule has 6 nitrogen and oxygen atoms in total. The van der Waals surface area contributed by atoms with E-state index >= 15 is 0 Å². The number of nitrogens with zero attached hydrogens (tertiary/aromatic N) is 1. The van der Waals surface area contributed by atoms with Gasteiger partial charge in [-0.1, -0.05) is 12.1 Å². The monoisotopic (exact) mass is 372 g/mol. The van der Waals surface area contributed by atoms with E-state index in [1.807, 2.05) is 0 Å². The second-order valence-electron chi connectivity index (χ2n) is 6.20. The Kier molecular flexibility index (Phi) is 6.98. The fourth-order valence-corrected chi connectivity index (χ4v) is 2.81. The summed E-state index contributed by atoms with van der Waals surface area (Å²) in [7, 11) is 0. The van der Waals surface area contributed by atoms with E-state index in [4.69, 9.17) is 0 Å². The molecule has 1 unspecified atom stereocenters. The summed E-state index contributed by atoms with van der Waals surface area (Å²) in [6.07, 6.45) is -4.42. The lowest BCUT2D eigenvalue weighted by Gasteiger charge is -2.35. The minimum atomic E-state index is -4.40. The van der Waals surface area contributed by atoms with Gasteiger partial charge in [-0.25, -0.2) is 0 Å². The van der Waals surface area contributed by atoms with Crippen LogP contribution in [0.1, 0.15) is 12.5 Å². The third kappa shape index (κ3) is 6.30. The molecule has 0 aliphatic carbocycles. The van der Waals surface area contributed by atoms with Gasteiger partial charge in [0.1, 0.15) is 6.04 Å². The molecular weight excluding hydrogens is 349 g/mol. The van der Waals surface area contributed by atoms with Crippen molar-refractivity contribution in [2.75, 3.05) is 38.0 Å². The highest BCUT2D eigenvalue weighted by Crippen LogP contribution is 2.24. The van der Waals surface area contributed by atoms with Crippen molar-refractivity contribution in [2.24, 2.45) is 0 Å². The molecule has 9 heteroatoms. The number of hydrogen-bond donors (Lipinski definition) is 3. The van der Waals surface area contributed by atoms with Gasteiger partial charge in [0.15, 0.2) is 0 Å². The first-order valence-corrected chi connectivity index (χ1v) is 8.40. The summed E-state index contributed by atoms with van der Waals surface area (Å²) in [4.78, 5) is 24.3. The molecule has 26 heavy (non-hydrogen) atoms. The van der Waals surface area contributed by atoms with Crippen LogP contribution >= 0.6 is 0 Å². The molecule has 1 saturated heterocycles. The highest BCUT2D eigenvalue weighted by molar-refractivity contribution is 5.88. The third-order valence-corrected chi connectivity index (χ3v) is 4.10. The second kappa shape index (κ2) is 9.00. The molecule has 1 aliphatic rings. The number of alkyl halides is 3. The lowest BCUT2D eigenvalue weighted by atomic mass is 10.1. The van der Waals surface area contributed by atoms with Gasteiger partial charge in [0.25, 0.3) is 0 Å². The Morgan fingerprint density at radius 3 is 2.35 bits per heavy atom. The molecule has 3 N–H and O–H groups in total. The molecule has 0 saturated carbocycles. The standard InChI is InChI=1S/C17H23F3N4O2/c1-12(25)23-14-4-2-13(3-5-14)10-16(26)22-11-15(17(18,19)20)24-8-6-21-7-9-24/h2-5,15,21H,6-11H2,1H3,(H,22,26)(H,23,25). The Labute approximate surface area is 150 Å². The number of rotatable bonds is 6. The third-order valence-electron chi connectivity index (χ3n) is 4.10. The average molecular weight is 372 g/mol. The van der Waals surface area contributed by atoms with Crippen molar-refractivity contribution in [3.8, 4) is 0 Å². The van der Waals surface area contributed by atoms with Gasteiger partial charge in [-0.2, -0.15) is 13.2 Å². The Morgan fingerprint density at radius 1 is 1.19 bits per heavy atom. The first kappa shape index (κ1) is 20.2. The number of hydrogen-bond acceptors (Lipinski definition) is 4. The first-order valence-electron chi connectivity index (χ1n) is 8.40. The van der Waals surface area contributed by atoms with Crippen LogP contribution in [-0.4, -0.2) is 61.7 Å². The van der Waals surface area contributed by atoms with Gasteiger partial charge in [0.2, 0.25) is 11.8 Å². The Balaban J connectivity index is 1.88. The van der Waals surface area contributed by atoms with Gasteiger partial charge < -0.3 is 16.0 Å². The van der Waals surface area contributed by atoms with Gasteiger partial charge in [0.05, 0.1) is 6.42 Å². The SMILES string of the molecule is CC(=O)Nc1ccc(CC(=O)NCC(N2CCNCC2)C(F)(F)F)cc1. The fourth-order valence-electron chi connectivity index (χ4n) is 2.81. The van der Waals surface area contributed by atoms with E-state index in [0.717, 1.165) is 0 Å². The van der Waals surface area contributed by atoms with Crippen molar-refractivity contribution in [3.63, 3.8) is 0 Å². The fraction of sp³-hybridized carbons (Fsp3) is 0.529. The van der Waals surface area contributed by atoms with Crippen molar-refractivity contribution in [3.05, 3.63) is 29.8 Å². The van der Waals surface area contributed by atoms with Gasteiger partial charge in [-0.05, 0) is 17.7 Å². The van der Waals surface area contributed by atoms with Crippen LogP contribution in [0.15, 0.2) is 24.3 Å². The average Bonchev–Trinajstić information content (AvgIpc) is 2.56. The normalized spacial score (nSPS) is 16.8. The van der Waals surface area contributed by atoms with Crippen LogP contribution in [0.4, 0.5) is 18.9 Å². The number of amides is 2. The molecule has 0 bridgehead atoms. The maximum absolute atomic E-state index is 13.3. The second-order valence-corrected chi connectivity index (χ2v) is 6.20. The molecule has 1 atom stereocenters. The van der Waals surface area contributed by atoms with E-state index in [9.17, 15) is 22.8 Å². The highest BCUT2D eigenvalue weighted by atomic mass is 19.4. The summed E-state index contributed by atoms with van der Waals surface area (Å²) in [6.45, 7) is 2.51. The van der Waals surface area contributed by atoms with Crippen molar-refractivity contribution in [2.45, 2.75) is 25.6 Å². The van der Waals surface area contributed by atoms with Gasteiger partial charge in [-0.3, -0.25) is 14.5 Å². The van der Waals surface area contributed by atoms with Crippen LogP contribution in [0, 0.1) is 0 Å². The smallest absolute Gasteiger partial charge is 0.354 e. The van der Waals surface area contributed by atoms with Gasteiger partial charge in [0, 0.05) is 45.3 Å². The summed E-state index contributed by atoms with van der Waals surface area (Å²) in [5.41, 5.74) is 1.25. The van der Waals surface area contributed by atoms with E-state index in [2.05, 4.69) is 16.0 Å². The minimum absolute atomic E-state index is 0.0213. The molecule has 1 heterocycles. The topological polar surface area (TPSA) is 73.5 Å². The van der Waals surface area contributed by atoms with Gasteiger partial charge >= 0.3 is 6.18 Å². The van der Waals surface area contributed by atoms with Crippen LogP contribution in [0.2, 0.25) is 0 Å². The zero-order chi connectivity index (χ0) is 19.2. The van der Waals surface area contributed by atoms with Crippen LogP contribution < -0.4 is 16.0 Å². The number of carbonyl (C=O) groups is 2. The van der Waals surface area contributed by atoms with E-state index < -0.39 is 24.7 Å². The van der Waals surface area contributed by atoms with Crippen molar-refractivity contribution in [1.29, 1.82) is 0 Å². The number of benzene rings is 1. The van der Waals surface area contributed by atoms with Crippen molar-refractivity contribution in [1.82, 2.24) is 15.5 Å².